The molecule has 6 heavy (non-hydrogen) atoms. The average molecular weight is 93.9 g/mol. The monoisotopic (exact) mass is 94.0 g/mol. The van der Waals surface area contributed by atoms with E-state index in [-0.39, 0.29) is 36.2 Å². The number of carboxylic acid groups (broad SMARTS) is 2. The van der Waals surface area contributed by atoms with Gasteiger partial charge in [0.2, 0.25) is 0 Å². The van der Waals surface area contributed by atoms with Crippen molar-refractivity contribution >= 4 is 23.5 Å². The second-order valence-corrected chi connectivity index (χ2v) is 0.250. The van der Waals surface area contributed by atoms with Crippen LogP contribution in [0.2, 0.25) is 0 Å². The zero-order valence-electron chi connectivity index (χ0n) is 3.30. The molecule has 0 aliphatic carbocycles. The van der Waals surface area contributed by atoms with Crippen molar-refractivity contribution in [1.29, 1.82) is 0 Å². The van der Waals surface area contributed by atoms with Crippen LogP contribution < -0.4 is 29.1 Å². The summed E-state index contributed by atoms with van der Waals surface area (Å²) >= 11 is 0. The fourth-order valence-electron chi connectivity index (χ4n) is 0. The molecule has 0 aliphatic rings. The fraction of sp³-hybridized carbons (Fsp3) is 0. The maximum atomic E-state index is 8.33. The molecule has 0 rings (SSSR count). The third kappa shape index (κ3) is 318. The molecule has 0 aromatic heterocycles. The van der Waals surface area contributed by atoms with Gasteiger partial charge in [-0.15, -0.1) is 0 Å². The summed E-state index contributed by atoms with van der Waals surface area (Å²) in [4.78, 5) is 8.33. The van der Waals surface area contributed by atoms with Crippen molar-refractivity contribution in [3.63, 3.8) is 0 Å². The summed E-state index contributed by atoms with van der Waals surface area (Å²) in [6.45, 7) is 0. The van der Waals surface area contributed by atoms with E-state index < -0.39 is 6.16 Å². The van der Waals surface area contributed by atoms with Crippen LogP contribution in [0.1, 0.15) is 0 Å². The Morgan fingerprint density at radius 2 is 1.33 bits per heavy atom. The van der Waals surface area contributed by atoms with Crippen molar-refractivity contribution in [2.45, 2.75) is 0 Å². The van der Waals surface area contributed by atoms with Crippen LogP contribution in [0.4, 0.5) is 4.79 Å². The van der Waals surface area contributed by atoms with Gasteiger partial charge in [-0.2, -0.15) is 0 Å². The number of carbonyl (C=O) groups excluding carboxylic acids is 1. The standard InChI is InChI=1S/CH2O3.Al.Li/c2-1(3)4;;/h(H2,2,3,4);;/q;+3;+1/p-2. The number of rotatable bonds is 0. The predicted octanol–water partition coefficient (Wildman–Crippen LogP) is -5.82. The van der Waals surface area contributed by atoms with Crippen LogP contribution in [0.25, 0.3) is 0 Å². The molecular formula is CAlLiO3+2. The van der Waals surface area contributed by atoms with Gasteiger partial charge < -0.3 is 15.0 Å². The van der Waals surface area contributed by atoms with E-state index in [1.165, 1.54) is 0 Å². The summed E-state index contributed by atoms with van der Waals surface area (Å²) in [6, 6.07) is 0. The molecule has 0 N–H and O–H groups in total. The third-order valence-corrected chi connectivity index (χ3v) is 0. The Kier molecular flexibility index (Phi) is 24.3. The summed E-state index contributed by atoms with van der Waals surface area (Å²) in [6.07, 6.45) is -2.33. The zero-order chi connectivity index (χ0) is 3.58. The summed E-state index contributed by atoms with van der Waals surface area (Å²) in [5.74, 6) is 0. The molecule has 24 valence electrons. The minimum Gasteiger partial charge on any atom is -0.652 e. The Hall–Kier alpha value is 0.400. The summed E-state index contributed by atoms with van der Waals surface area (Å²) < 4.78 is 0. The largest absolute Gasteiger partial charge is 3.00 e. The van der Waals surface area contributed by atoms with Gasteiger partial charge in [-0.3, -0.25) is 0 Å². The Bertz CT molecular complexity index is 33.8. The van der Waals surface area contributed by atoms with Crippen molar-refractivity contribution in [2.75, 3.05) is 0 Å². The van der Waals surface area contributed by atoms with Crippen LogP contribution in [0.3, 0.4) is 0 Å². The Labute approximate surface area is 57.7 Å². The molecule has 0 aromatic rings. The number of hydrogen-bond acceptors (Lipinski definition) is 3. The van der Waals surface area contributed by atoms with Crippen LogP contribution in [0.5, 0.6) is 0 Å². The van der Waals surface area contributed by atoms with E-state index in [0.717, 1.165) is 0 Å². The SMILES string of the molecule is O=C([O-])[O-].[Al+3].[Li+]. The molecule has 0 aromatic carbocycles. The topological polar surface area (TPSA) is 63.2 Å². The summed E-state index contributed by atoms with van der Waals surface area (Å²) in [5.41, 5.74) is 0. The van der Waals surface area contributed by atoms with Gasteiger partial charge in [-0.05, 0) is 6.16 Å². The molecule has 0 bridgehead atoms. The Balaban J connectivity index is -0.0000000450. The second-order valence-electron chi connectivity index (χ2n) is 0.250. The summed E-state index contributed by atoms with van der Waals surface area (Å²) in [7, 11) is 0. The summed E-state index contributed by atoms with van der Waals surface area (Å²) in [5, 5.41) is 16.7. The quantitative estimate of drug-likeness (QED) is 0.281. The van der Waals surface area contributed by atoms with Gasteiger partial charge >= 0.3 is 36.2 Å². The molecule has 5 heteroatoms. The first-order valence-electron chi connectivity index (χ1n) is 0.612. The molecule has 0 saturated carbocycles. The molecule has 0 heterocycles. The molecule has 0 amide bonds. The molecular weight excluding hydrogens is 93.9 g/mol. The van der Waals surface area contributed by atoms with Crippen LogP contribution in [0.15, 0.2) is 0 Å². The normalized spacial score (nSPS) is 4.00. The predicted molar refractivity (Wildman–Crippen MR) is 11.1 cm³/mol. The van der Waals surface area contributed by atoms with Crippen molar-refractivity contribution in [1.82, 2.24) is 0 Å². The maximum Gasteiger partial charge on any atom is 3.00 e. The van der Waals surface area contributed by atoms with E-state index in [9.17, 15) is 0 Å². The van der Waals surface area contributed by atoms with Crippen LogP contribution in [-0.2, 0) is 0 Å². The molecule has 3 nitrogen and oxygen atoms in total. The van der Waals surface area contributed by atoms with E-state index in [1.807, 2.05) is 0 Å². The van der Waals surface area contributed by atoms with Crippen molar-refractivity contribution in [3.8, 4) is 0 Å². The molecule has 0 fully saturated rings. The number of hydrogen-bond donors (Lipinski definition) is 0. The van der Waals surface area contributed by atoms with Crippen molar-refractivity contribution in [2.24, 2.45) is 0 Å². The van der Waals surface area contributed by atoms with E-state index in [0.29, 0.717) is 0 Å². The minimum absolute atomic E-state index is 0. The maximum absolute atomic E-state index is 8.33. The minimum atomic E-state index is -2.33. The fourth-order valence-corrected chi connectivity index (χ4v) is 0. The van der Waals surface area contributed by atoms with E-state index in [2.05, 4.69) is 0 Å². The molecule has 0 radical (unpaired) electrons. The molecule has 0 unspecified atom stereocenters. The first kappa shape index (κ1) is 16.1. The molecule has 0 spiro atoms. The smallest absolute Gasteiger partial charge is 0.652 e. The van der Waals surface area contributed by atoms with Gasteiger partial charge in [0.25, 0.3) is 0 Å². The Morgan fingerprint density at radius 3 is 1.33 bits per heavy atom. The van der Waals surface area contributed by atoms with E-state index >= 15 is 0 Å². The second kappa shape index (κ2) is 9.04. The van der Waals surface area contributed by atoms with Gasteiger partial charge in [-0.25, -0.2) is 0 Å². The van der Waals surface area contributed by atoms with Crippen molar-refractivity contribution < 1.29 is 33.9 Å². The van der Waals surface area contributed by atoms with Gasteiger partial charge in [0, 0.05) is 0 Å². The van der Waals surface area contributed by atoms with Crippen LogP contribution >= 0.6 is 0 Å². The number of carbonyl (C=O) groups is 1. The molecule has 0 aliphatic heterocycles. The third-order valence-electron chi connectivity index (χ3n) is 0. The average Bonchev–Trinajstić information content (AvgIpc) is 0.811. The first-order valence-corrected chi connectivity index (χ1v) is 0.612. The van der Waals surface area contributed by atoms with Gasteiger partial charge in [0.05, 0.1) is 0 Å². The van der Waals surface area contributed by atoms with E-state index in [4.69, 9.17) is 15.0 Å². The molecule has 0 atom stereocenters. The van der Waals surface area contributed by atoms with E-state index in [1.54, 1.807) is 0 Å². The van der Waals surface area contributed by atoms with Gasteiger partial charge in [0.1, 0.15) is 0 Å². The van der Waals surface area contributed by atoms with Gasteiger partial charge in [-0.1, -0.05) is 0 Å². The van der Waals surface area contributed by atoms with Crippen LogP contribution in [-0.4, -0.2) is 23.5 Å². The van der Waals surface area contributed by atoms with Crippen molar-refractivity contribution in [3.05, 3.63) is 0 Å². The molecule has 0 saturated heterocycles. The van der Waals surface area contributed by atoms with Gasteiger partial charge in [0.15, 0.2) is 0 Å². The van der Waals surface area contributed by atoms with Crippen LogP contribution in [0, 0.1) is 0 Å². The zero-order valence-corrected chi connectivity index (χ0v) is 4.46. The first-order chi connectivity index (χ1) is 1.73. The Morgan fingerprint density at radius 1 is 1.33 bits per heavy atom.